The Morgan fingerprint density at radius 1 is 1.55 bits per heavy atom. The van der Waals surface area contributed by atoms with Crippen molar-refractivity contribution in [2.45, 2.75) is 32.0 Å². The summed E-state index contributed by atoms with van der Waals surface area (Å²) >= 11 is 6.15. The van der Waals surface area contributed by atoms with Gasteiger partial charge in [-0.2, -0.15) is 0 Å². The molecule has 0 saturated carbocycles. The van der Waals surface area contributed by atoms with Gasteiger partial charge in [-0.3, -0.25) is 4.90 Å². The highest BCUT2D eigenvalue weighted by atomic mass is 35.5. The Morgan fingerprint density at radius 3 is 2.95 bits per heavy atom. The van der Waals surface area contributed by atoms with E-state index in [1.165, 1.54) is 12.1 Å². The Bertz CT molecular complexity index is 438. The Labute approximate surface area is 125 Å². The van der Waals surface area contributed by atoms with Crippen LogP contribution < -0.4 is 5.32 Å². The minimum absolute atomic E-state index is 0.294. The molecule has 1 heterocycles. The molecule has 0 spiro atoms. The molecule has 1 saturated heterocycles. The zero-order valence-electron chi connectivity index (χ0n) is 12.0. The van der Waals surface area contributed by atoms with Crippen LogP contribution in [0.3, 0.4) is 0 Å². The normalized spacial score (nSPS) is 20.6. The highest BCUT2D eigenvalue weighted by Gasteiger charge is 2.26. The molecular weight excluding hydrogens is 279 g/mol. The molecule has 1 aliphatic heterocycles. The number of nitrogens with zero attached hydrogens (tertiary/aromatic N) is 1. The van der Waals surface area contributed by atoms with E-state index in [0.29, 0.717) is 23.7 Å². The van der Waals surface area contributed by atoms with Gasteiger partial charge >= 0.3 is 0 Å². The molecule has 2 unspecified atom stereocenters. The van der Waals surface area contributed by atoms with Gasteiger partial charge in [-0.15, -0.1) is 0 Å². The van der Waals surface area contributed by atoms with Crippen molar-refractivity contribution in [3.05, 3.63) is 34.6 Å². The van der Waals surface area contributed by atoms with Crippen molar-refractivity contribution in [3.63, 3.8) is 0 Å². The second-order valence-corrected chi connectivity index (χ2v) is 5.77. The predicted octanol–water partition coefficient (Wildman–Crippen LogP) is 2.68. The molecule has 1 aliphatic rings. The number of methoxy groups -OCH3 is 1. The van der Waals surface area contributed by atoms with Gasteiger partial charge in [0.25, 0.3) is 0 Å². The maximum absolute atomic E-state index is 13.1. The van der Waals surface area contributed by atoms with Crippen LogP contribution in [0.15, 0.2) is 18.2 Å². The monoisotopic (exact) mass is 300 g/mol. The molecular formula is C15H22ClFN2O. The lowest BCUT2D eigenvalue weighted by Gasteiger charge is -2.34. The van der Waals surface area contributed by atoms with Gasteiger partial charge in [0, 0.05) is 37.3 Å². The first kappa shape index (κ1) is 15.7. The van der Waals surface area contributed by atoms with Crippen LogP contribution in [0.4, 0.5) is 4.39 Å². The number of benzene rings is 1. The van der Waals surface area contributed by atoms with Gasteiger partial charge in [0.1, 0.15) is 5.82 Å². The molecule has 1 fully saturated rings. The number of halogens is 2. The molecule has 5 heteroatoms. The van der Waals surface area contributed by atoms with E-state index >= 15 is 0 Å². The SMILES string of the molecule is COCC(C)N(Cc1ccc(F)cc1Cl)C1CCNC1. The number of ether oxygens (including phenoxy) is 1. The summed E-state index contributed by atoms with van der Waals surface area (Å²) in [5.74, 6) is -0.294. The summed E-state index contributed by atoms with van der Waals surface area (Å²) in [6.07, 6.45) is 1.12. The molecule has 0 bridgehead atoms. The van der Waals surface area contributed by atoms with Gasteiger partial charge in [-0.05, 0) is 37.6 Å². The summed E-state index contributed by atoms with van der Waals surface area (Å²) in [5, 5.41) is 3.88. The number of hydrogen-bond acceptors (Lipinski definition) is 3. The Kier molecular flexibility index (Phi) is 5.78. The lowest BCUT2D eigenvalue weighted by atomic mass is 10.1. The molecule has 1 N–H and O–H groups in total. The van der Waals surface area contributed by atoms with Crippen molar-refractivity contribution in [2.75, 3.05) is 26.8 Å². The molecule has 1 aromatic carbocycles. The third-order valence-corrected chi connectivity index (χ3v) is 4.20. The highest BCUT2D eigenvalue weighted by Crippen LogP contribution is 2.23. The molecule has 2 rings (SSSR count). The zero-order valence-corrected chi connectivity index (χ0v) is 12.8. The van der Waals surface area contributed by atoms with Crippen LogP contribution in [0, 0.1) is 5.82 Å². The fourth-order valence-electron chi connectivity index (χ4n) is 2.75. The third-order valence-electron chi connectivity index (χ3n) is 3.85. The van der Waals surface area contributed by atoms with E-state index in [2.05, 4.69) is 17.1 Å². The molecule has 0 radical (unpaired) electrons. The first-order chi connectivity index (χ1) is 9.61. The first-order valence-corrected chi connectivity index (χ1v) is 7.39. The average Bonchev–Trinajstić information content (AvgIpc) is 2.91. The van der Waals surface area contributed by atoms with Crippen LogP contribution in [-0.4, -0.2) is 43.8 Å². The van der Waals surface area contributed by atoms with Crippen molar-refractivity contribution >= 4 is 11.6 Å². The number of nitrogens with one attached hydrogen (secondary N) is 1. The van der Waals surface area contributed by atoms with Crippen LogP contribution in [0.25, 0.3) is 0 Å². The molecule has 1 aromatic rings. The molecule has 0 aromatic heterocycles. The lowest BCUT2D eigenvalue weighted by Crippen LogP contribution is -2.44. The fraction of sp³-hybridized carbons (Fsp3) is 0.600. The van der Waals surface area contributed by atoms with Crippen molar-refractivity contribution < 1.29 is 9.13 Å². The molecule has 2 atom stereocenters. The van der Waals surface area contributed by atoms with Crippen LogP contribution in [-0.2, 0) is 11.3 Å². The number of rotatable bonds is 6. The summed E-state index contributed by atoms with van der Waals surface area (Å²) in [6.45, 7) is 5.56. The second kappa shape index (κ2) is 7.36. The summed E-state index contributed by atoms with van der Waals surface area (Å²) in [6, 6.07) is 5.38. The number of hydrogen-bond donors (Lipinski definition) is 1. The third kappa shape index (κ3) is 3.92. The maximum Gasteiger partial charge on any atom is 0.124 e. The van der Waals surface area contributed by atoms with Gasteiger partial charge < -0.3 is 10.1 Å². The average molecular weight is 301 g/mol. The second-order valence-electron chi connectivity index (χ2n) is 5.36. The molecule has 0 aliphatic carbocycles. The van der Waals surface area contributed by atoms with E-state index in [4.69, 9.17) is 16.3 Å². The van der Waals surface area contributed by atoms with Gasteiger partial charge in [0.05, 0.1) is 6.61 Å². The van der Waals surface area contributed by atoms with Crippen molar-refractivity contribution in [1.29, 1.82) is 0 Å². The fourth-order valence-corrected chi connectivity index (χ4v) is 2.98. The molecule has 3 nitrogen and oxygen atoms in total. The van der Waals surface area contributed by atoms with Crippen LogP contribution in [0.1, 0.15) is 18.9 Å². The Hall–Kier alpha value is -0.680. The minimum atomic E-state index is -0.294. The van der Waals surface area contributed by atoms with Crippen molar-refractivity contribution in [1.82, 2.24) is 10.2 Å². The van der Waals surface area contributed by atoms with Gasteiger partial charge in [0.15, 0.2) is 0 Å². The topological polar surface area (TPSA) is 24.5 Å². The quantitative estimate of drug-likeness (QED) is 0.874. The van der Waals surface area contributed by atoms with Crippen molar-refractivity contribution in [3.8, 4) is 0 Å². The van der Waals surface area contributed by atoms with Crippen LogP contribution in [0.2, 0.25) is 5.02 Å². The lowest BCUT2D eigenvalue weighted by molar-refractivity contribution is 0.0688. The summed E-state index contributed by atoms with van der Waals surface area (Å²) < 4.78 is 18.4. The van der Waals surface area contributed by atoms with Gasteiger partial charge in [-0.1, -0.05) is 17.7 Å². The van der Waals surface area contributed by atoms with E-state index in [9.17, 15) is 4.39 Å². The first-order valence-electron chi connectivity index (χ1n) is 7.01. The van der Waals surface area contributed by atoms with Crippen LogP contribution >= 0.6 is 11.6 Å². The Balaban J connectivity index is 2.13. The van der Waals surface area contributed by atoms with E-state index in [1.54, 1.807) is 13.2 Å². The van der Waals surface area contributed by atoms with E-state index in [1.807, 2.05) is 0 Å². The zero-order chi connectivity index (χ0) is 14.5. The minimum Gasteiger partial charge on any atom is -0.383 e. The summed E-state index contributed by atoms with van der Waals surface area (Å²) in [5.41, 5.74) is 0.961. The van der Waals surface area contributed by atoms with Crippen molar-refractivity contribution in [2.24, 2.45) is 0 Å². The standard InChI is InChI=1S/C15H22ClFN2O/c1-11(10-20-2)19(14-5-6-18-8-14)9-12-3-4-13(17)7-15(12)16/h3-4,7,11,14,18H,5-6,8-10H2,1-2H3. The summed E-state index contributed by atoms with van der Waals surface area (Å²) in [4.78, 5) is 2.39. The smallest absolute Gasteiger partial charge is 0.124 e. The highest BCUT2D eigenvalue weighted by molar-refractivity contribution is 6.31. The van der Waals surface area contributed by atoms with E-state index in [0.717, 1.165) is 31.6 Å². The molecule has 112 valence electrons. The van der Waals surface area contributed by atoms with Crippen LogP contribution in [0.5, 0.6) is 0 Å². The maximum atomic E-state index is 13.1. The Morgan fingerprint density at radius 2 is 2.35 bits per heavy atom. The molecule has 0 amide bonds. The van der Waals surface area contributed by atoms with E-state index < -0.39 is 0 Å². The predicted molar refractivity (Wildman–Crippen MR) is 79.6 cm³/mol. The van der Waals surface area contributed by atoms with Gasteiger partial charge in [-0.25, -0.2) is 4.39 Å². The largest absolute Gasteiger partial charge is 0.383 e. The van der Waals surface area contributed by atoms with E-state index in [-0.39, 0.29) is 5.82 Å². The molecule has 20 heavy (non-hydrogen) atoms. The summed E-state index contributed by atoms with van der Waals surface area (Å²) in [7, 11) is 1.71. The van der Waals surface area contributed by atoms with Gasteiger partial charge in [0.2, 0.25) is 0 Å².